The van der Waals surface area contributed by atoms with Gasteiger partial charge in [0.2, 0.25) is 0 Å². The summed E-state index contributed by atoms with van der Waals surface area (Å²) in [6, 6.07) is 15.7. The molecule has 0 bridgehead atoms. The maximum atomic E-state index is 13.5. The van der Waals surface area contributed by atoms with Crippen LogP contribution in [0.2, 0.25) is 0 Å². The number of nitrogen functional groups attached to an aromatic ring is 1. The fourth-order valence-electron chi connectivity index (χ4n) is 2.87. The summed E-state index contributed by atoms with van der Waals surface area (Å²) in [5.74, 6) is -0.319. The minimum absolute atomic E-state index is 0.219. The van der Waals surface area contributed by atoms with E-state index in [2.05, 4.69) is 34.1 Å². The Balaban J connectivity index is 1.50. The Bertz CT molecular complexity index is 607. The molecule has 0 unspecified atom stereocenters. The van der Waals surface area contributed by atoms with Crippen molar-refractivity contribution in [2.75, 3.05) is 31.9 Å². The highest BCUT2D eigenvalue weighted by molar-refractivity contribution is 5.41. The van der Waals surface area contributed by atoms with E-state index < -0.39 is 0 Å². The molecule has 0 aromatic heterocycles. The molecule has 0 saturated carbocycles. The predicted octanol–water partition coefficient (Wildman–Crippen LogP) is 2.73. The molecule has 22 heavy (non-hydrogen) atoms. The second-order valence-electron chi connectivity index (χ2n) is 5.89. The second-order valence-corrected chi connectivity index (χ2v) is 5.89. The molecule has 0 radical (unpaired) electrons. The third kappa shape index (κ3) is 3.84. The minimum Gasteiger partial charge on any atom is -0.396 e. The highest BCUT2D eigenvalue weighted by Gasteiger charge is 2.17. The number of anilines is 1. The molecule has 3 rings (SSSR count). The van der Waals surface area contributed by atoms with Crippen molar-refractivity contribution in [1.82, 2.24) is 9.80 Å². The monoisotopic (exact) mass is 299 g/mol. The summed E-state index contributed by atoms with van der Waals surface area (Å²) in [4.78, 5) is 4.84. The smallest absolute Gasteiger partial charge is 0.146 e. The quantitative estimate of drug-likeness (QED) is 0.881. The van der Waals surface area contributed by atoms with Crippen molar-refractivity contribution in [3.05, 3.63) is 65.5 Å². The molecule has 2 aromatic rings. The summed E-state index contributed by atoms with van der Waals surface area (Å²) in [5.41, 5.74) is 8.08. The first kappa shape index (κ1) is 15.0. The molecule has 1 aliphatic heterocycles. The zero-order chi connectivity index (χ0) is 15.4. The molecule has 0 amide bonds. The number of piperazine rings is 1. The van der Waals surface area contributed by atoms with Gasteiger partial charge in [-0.2, -0.15) is 0 Å². The third-order valence-electron chi connectivity index (χ3n) is 4.18. The number of rotatable bonds is 4. The third-order valence-corrected chi connectivity index (χ3v) is 4.18. The van der Waals surface area contributed by atoms with E-state index in [-0.39, 0.29) is 11.5 Å². The second kappa shape index (κ2) is 6.90. The Kier molecular flexibility index (Phi) is 4.71. The maximum absolute atomic E-state index is 13.5. The van der Waals surface area contributed by atoms with Gasteiger partial charge in [-0.1, -0.05) is 36.4 Å². The number of nitrogens with two attached hydrogens (primary N) is 1. The molecule has 2 N–H and O–H groups in total. The summed E-state index contributed by atoms with van der Waals surface area (Å²) in [5, 5.41) is 0. The largest absolute Gasteiger partial charge is 0.396 e. The Morgan fingerprint density at radius 3 is 2.00 bits per heavy atom. The number of hydrogen-bond acceptors (Lipinski definition) is 3. The summed E-state index contributed by atoms with van der Waals surface area (Å²) < 4.78 is 13.5. The molecular weight excluding hydrogens is 277 g/mol. The fourth-order valence-corrected chi connectivity index (χ4v) is 2.87. The summed E-state index contributed by atoms with van der Waals surface area (Å²) >= 11 is 0. The van der Waals surface area contributed by atoms with Gasteiger partial charge in [-0.3, -0.25) is 9.80 Å². The molecule has 116 valence electrons. The van der Waals surface area contributed by atoms with Gasteiger partial charge in [-0.05, 0) is 23.3 Å². The van der Waals surface area contributed by atoms with E-state index in [1.165, 1.54) is 5.56 Å². The van der Waals surface area contributed by atoms with Gasteiger partial charge >= 0.3 is 0 Å². The number of halogens is 1. The molecular formula is C18H22FN3. The van der Waals surface area contributed by atoms with Gasteiger partial charge in [-0.25, -0.2) is 4.39 Å². The molecule has 1 saturated heterocycles. The van der Waals surface area contributed by atoms with Crippen molar-refractivity contribution in [2.24, 2.45) is 0 Å². The SMILES string of the molecule is Nc1ccc(CN2CCN(Cc3ccccc3)CC2)cc1F. The van der Waals surface area contributed by atoms with Crippen molar-refractivity contribution >= 4 is 5.69 Å². The van der Waals surface area contributed by atoms with E-state index in [0.29, 0.717) is 0 Å². The van der Waals surface area contributed by atoms with E-state index in [1.807, 2.05) is 12.1 Å². The zero-order valence-electron chi connectivity index (χ0n) is 12.7. The summed E-state index contributed by atoms with van der Waals surface area (Å²) in [6.45, 7) is 5.91. The van der Waals surface area contributed by atoms with Crippen LogP contribution in [0.4, 0.5) is 10.1 Å². The van der Waals surface area contributed by atoms with Gasteiger partial charge in [0.25, 0.3) is 0 Å². The lowest BCUT2D eigenvalue weighted by molar-refractivity contribution is 0.122. The highest BCUT2D eigenvalue weighted by Crippen LogP contribution is 2.15. The van der Waals surface area contributed by atoms with E-state index >= 15 is 0 Å². The van der Waals surface area contributed by atoms with Crippen molar-refractivity contribution < 1.29 is 4.39 Å². The Morgan fingerprint density at radius 2 is 1.41 bits per heavy atom. The van der Waals surface area contributed by atoms with E-state index in [1.54, 1.807) is 12.1 Å². The predicted molar refractivity (Wildman–Crippen MR) is 87.8 cm³/mol. The van der Waals surface area contributed by atoms with Crippen molar-refractivity contribution in [3.63, 3.8) is 0 Å². The molecule has 0 aliphatic carbocycles. The topological polar surface area (TPSA) is 32.5 Å². The van der Waals surface area contributed by atoms with Crippen LogP contribution in [0.25, 0.3) is 0 Å². The average Bonchev–Trinajstić information content (AvgIpc) is 2.54. The van der Waals surface area contributed by atoms with Gasteiger partial charge in [0, 0.05) is 39.3 Å². The Morgan fingerprint density at radius 1 is 0.818 bits per heavy atom. The van der Waals surface area contributed by atoms with E-state index in [9.17, 15) is 4.39 Å². The van der Waals surface area contributed by atoms with Crippen LogP contribution in [-0.4, -0.2) is 36.0 Å². The minimum atomic E-state index is -0.319. The van der Waals surface area contributed by atoms with Crippen LogP contribution in [-0.2, 0) is 13.1 Å². The Labute approximate surface area is 131 Å². The normalized spacial score (nSPS) is 16.8. The molecule has 1 aliphatic rings. The first-order valence-electron chi connectivity index (χ1n) is 7.73. The van der Waals surface area contributed by atoms with Crippen LogP contribution >= 0.6 is 0 Å². The van der Waals surface area contributed by atoms with Crippen LogP contribution in [0.3, 0.4) is 0 Å². The van der Waals surface area contributed by atoms with Gasteiger partial charge < -0.3 is 5.73 Å². The molecule has 1 heterocycles. The molecule has 2 aromatic carbocycles. The van der Waals surface area contributed by atoms with Crippen LogP contribution in [0.5, 0.6) is 0 Å². The molecule has 3 nitrogen and oxygen atoms in total. The van der Waals surface area contributed by atoms with Crippen molar-refractivity contribution in [3.8, 4) is 0 Å². The highest BCUT2D eigenvalue weighted by atomic mass is 19.1. The lowest BCUT2D eigenvalue weighted by Crippen LogP contribution is -2.45. The van der Waals surface area contributed by atoms with Crippen LogP contribution < -0.4 is 5.73 Å². The van der Waals surface area contributed by atoms with Crippen LogP contribution in [0.15, 0.2) is 48.5 Å². The van der Waals surface area contributed by atoms with Gasteiger partial charge in [-0.15, -0.1) is 0 Å². The number of benzene rings is 2. The van der Waals surface area contributed by atoms with Crippen LogP contribution in [0.1, 0.15) is 11.1 Å². The maximum Gasteiger partial charge on any atom is 0.146 e. The van der Waals surface area contributed by atoms with E-state index in [4.69, 9.17) is 5.73 Å². The molecule has 4 heteroatoms. The first-order valence-corrected chi connectivity index (χ1v) is 7.73. The Hall–Kier alpha value is -1.91. The lowest BCUT2D eigenvalue weighted by Gasteiger charge is -2.34. The fraction of sp³-hybridized carbons (Fsp3) is 0.333. The van der Waals surface area contributed by atoms with Crippen molar-refractivity contribution in [1.29, 1.82) is 0 Å². The first-order chi connectivity index (χ1) is 10.7. The zero-order valence-corrected chi connectivity index (χ0v) is 12.7. The number of nitrogens with zero attached hydrogens (tertiary/aromatic N) is 2. The lowest BCUT2D eigenvalue weighted by atomic mass is 10.1. The molecule has 0 spiro atoms. The van der Waals surface area contributed by atoms with Gasteiger partial charge in [0.05, 0.1) is 5.69 Å². The average molecular weight is 299 g/mol. The van der Waals surface area contributed by atoms with E-state index in [0.717, 1.165) is 44.8 Å². The van der Waals surface area contributed by atoms with Crippen LogP contribution in [0, 0.1) is 5.82 Å². The van der Waals surface area contributed by atoms with Gasteiger partial charge in [0.1, 0.15) is 5.82 Å². The standard InChI is InChI=1S/C18H22FN3/c19-17-12-16(6-7-18(17)20)14-22-10-8-21(9-11-22)13-15-4-2-1-3-5-15/h1-7,12H,8-11,13-14,20H2. The summed E-state index contributed by atoms with van der Waals surface area (Å²) in [7, 11) is 0. The summed E-state index contributed by atoms with van der Waals surface area (Å²) in [6.07, 6.45) is 0. The number of hydrogen-bond donors (Lipinski definition) is 1. The molecule has 0 atom stereocenters. The van der Waals surface area contributed by atoms with Crippen molar-refractivity contribution in [2.45, 2.75) is 13.1 Å². The van der Waals surface area contributed by atoms with Gasteiger partial charge in [0.15, 0.2) is 0 Å². The molecule has 1 fully saturated rings.